The number of imidazole rings is 1. The number of nitrogens with zero attached hydrogens (tertiary/aromatic N) is 1. The average Bonchev–Trinajstić information content (AvgIpc) is 2.77. The fourth-order valence-corrected chi connectivity index (χ4v) is 2.55. The van der Waals surface area contributed by atoms with E-state index < -0.39 is 0 Å². The number of anilines is 1. The van der Waals surface area contributed by atoms with Gasteiger partial charge in [-0.05, 0) is 56.1 Å². The lowest BCUT2D eigenvalue weighted by Crippen LogP contribution is -1.92. The molecule has 5 heteroatoms. The van der Waals surface area contributed by atoms with Gasteiger partial charge in [0, 0.05) is 20.2 Å². The number of nitrogens with one attached hydrogen (secondary N) is 1. The van der Waals surface area contributed by atoms with Gasteiger partial charge in [-0.2, -0.15) is 0 Å². The number of aromatic nitrogens is 2. The number of para-hydroxylation sites is 2. The highest BCUT2D eigenvalue weighted by molar-refractivity contribution is 9.13. The van der Waals surface area contributed by atoms with E-state index in [1.54, 1.807) is 0 Å². The van der Waals surface area contributed by atoms with E-state index in [4.69, 9.17) is 5.73 Å². The summed E-state index contributed by atoms with van der Waals surface area (Å²) in [7, 11) is 0. The monoisotopic (exact) mass is 365 g/mol. The van der Waals surface area contributed by atoms with Crippen molar-refractivity contribution < 1.29 is 0 Å². The molecule has 1 aromatic heterocycles. The third kappa shape index (κ3) is 1.93. The predicted molar refractivity (Wildman–Crippen MR) is 81.3 cm³/mol. The highest BCUT2D eigenvalue weighted by Crippen LogP contribution is 2.33. The summed E-state index contributed by atoms with van der Waals surface area (Å²) >= 11 is 6.91. The Hall–Kier alpha value is -1.33. The first-order valence-corrected chi connectivity index (χ1v) is 6.93. The first kappa shape index (κ1) is 11.7. The van der Waals surface area contributed by atoms with Crippen molar-refractivity contribution in [3.05, 3.63) is 45.3 Å². The zero-order valence-electron chi connectivity index (χ0n) is 9.24. The van der Waals surface area contributed by atoms with Crippen LogP contribution >= 0.6 is 31.9 Å². The molecule has 0 atom stereocenters. The summed E-state index contributed by atoms with van der Waals surface area (Å²) in [5.74, 6) is 0.780. The van der Waals surface area contributed by atoms with Crippen molar-refractivity contribution in [2.24, 2.45) is 0 Å². The molecule has 90 valence electrons. The van der Waals surface area contributed by atoms with Gasteiger partial charge in [0.1, 0.15) is 5.82 Å². The molecule has 3 nitrogen and oxygen atoms in total. The molecule has 0 aliphatic carbocycles. The zero-order valence-corrected chi connectivity index (χ0v) is 12.4. The minimum atomic E-state index is 0.684. The van der Waals surface area contributed by atoms with Crippen LogP contribution in [0.15, 0.2) is 45.3 Å². The van der Waals surface area contributed by atoms with Gasteiger partial charge in [0.2, 0.25) is 0 Å². The summed E-state index contributed by atoms with van der Waals surface area (Å²) in [4.78, 5) is 7.82. The number of hydrogen-bond acceptors (Lipinski definition) is 2. The van der Waals surface area contributed by atoms with E-state index in [-0.39, 0.29) is 0 Å². The Labute approximate surface area is 121 Å². The first-order chi connectivity index (χ1) is 8.65. The maximum absolute atomic E-state index is 6.03. The number of aromatic amines is 1. The number of rotatable bonds is 1. The Bertz CT molecular complexity index is 701. The molecular weight excluding hydrogens is 358 g/mol. The van der Waals surface area contributed by atoms with Crippen molar-refractivity contribution in [2.75, 3.05) is 5.73 Å². The van der Waals surface area contributed by atoms with E-state index in [2.05, 4.69) is 41.8 Å². The van der Waals surface area contributed by atoms with Crippen LogP contribution in [0.25, 0.3) is 22.4 Å². The number of H-pyrrole nitrogens is 1. The average molecular weight is 367 g/mol. The molecule has 0 amide bonds. The van der Waals surface area contributed by atoms with Gasteiger partial charge in [-0.1, -0.05) is 12.1 Å². The van der Waals surface area contributed by atoms with Crippen LogP contribution in [-0.4, -0.2) is 9.97 Å². The Balaban J connectivity index is 2.22. The van der Waals surface area contributed by atoms with Crippen LogP contribution in [0.1, 0.15) is 0 Å². The molecule has 0 aliphatic heterocycles. The normalized spacial score (nSPS) is 11.0. The summed E-state index contributed by atoms with van der Waals surface area (Å²) in [6.07, 6.45) is 0. The van der Waals surface area contributed by atoms with Crippen molar-refractivity contribution in [3.8, 4) is 11.4 Å². The molecule has 2 aromatic carbocycles. The van der Waals surface area contributed by atoms with E-state index in [1.165, 1.54) is 0 Å². The third-order valence-electron chi connectivity index (χ3n) is 2.74. The second-order valence-electron chi connectivity index (χ2n) is 3.96. The molecule has 0 unspecified atom stereocenters. The van der Waals surface area contributed by atoms with Crippen molar-refractivity contribution in [1.29, 1.82) is 0 Å². The van der Waals surface area contributed by atoms with Crippen LogP contribution in [0.4, 0.5) is 5.69 Å². The van der Waals surface area contributed by atoms with Gasteiger partial charge in [-0.3, -0.25) is 0 Å². The fourth-order valence-electron chi connectivity index (χ4n) is 1.85. The lowest BCUT2D eigenvalue weighted by Gasteiger charge is -2.05. The Morgan fingerprint density at radius 2 is 1.78 bits per heavy atom. The molecule has 0 bridgehead atoms. The number of nitrogens with two attached hydrogens (primary N) is 1. The van der Waals surface area contributed by atoms with Crippen LogP contribution in [0.5, 0.6) is 0 Å². The number of benzene rings is 2. The van der Waals surface area contributed by atoms with Crippen molar-refractivity contribution in [2.45, 2.75) is 0 Å². The number of nitrogen functional groups attached to an aromatic ring is 1. The van der Waals surface area contributed by atoms with Gasteiger partial charge in [0.25, 0.3) is 0 Å². The smallest absolute Gasteiger partial charge is 0.140 e. The maximum Gasteiger partial charge on any atom is 0.140 e. The third-order valence-corrected chi connectivity index (χ3v) is 4.58. The van der Waals surface area contributed by atoms with Crippen LogP contribution in [-0.2, 0) is 0 Å². The molecule has 0 radical (unpaired) electrons. The van der Waals surface area contributed by atoms with Crippen LogP contribution in [0, 0.1) is 0 Å². The Morgan fingerprint density at radius 3 is 2.56 bits per heavy atom. The standard InChI is InChI=1S/C13H9Br2N3/c14-8-5-7(10(16)6-9(8)15)13-17-11-3-1-2-4-12(11)18-13/h1-6H,16H2,(H,17,18). The van der Waals surface area contributed by atoms with Gasteiger partial charge in [0.15, 0.2) is 0 Å². The second-order valence-corrected chi connectivity index (χ2v) is 5.66. The highest BCUT2D eigenvalue weighted by Gasteiger charge is 2.10. The quantitative estimate of drug-likeness (QED) is 0.629. The molecule has 1 heterocycles. The molecule has 3 rings (SSSR count). The summed E-state index contributed by atoms with van der Waals surface area (Å²) < 4.78 is 1.88. The molecular formula is C13H9Br2N3. The van der Waals surface area contributed by atoms with E-state index in [9.17, 15) is 0 Å². The summed E-state index contributed by atoms with van der Waals surface area (Å²) in [5, 5.41) is 0. The van der Waals surface area contributed by atoms with Crippen LogP contribution < -0.4 is 5.73 Å². The SMILES string of the molecule is Nc1cc(Br)c(Br)cc1-c1nc2ccccc2[nH]1. The fraction of sp³-hybridized carbons (Fsp3) is 0. The largest absolute Gasteiger partial charge is 0.398 e. The molecule has 18 heavy (non-hydrogen) atoms. The molecule has 0 saturated carbocycles. The molecule has 0 fully saturated rings. The zero-order chi connectivity index (χ0) is 12.7. The topological polar surface area (TPSA) is 54.7 Å². The molecule has 0 aliphatic rings. The van der Waals surface area contributed by atoms with Gasteiger partial charge >= 0.3 is 0 Å². The second kappa shape index (κ2) is 4.40. The Kier molecular flexibility index (Phi) is 2.87. The number of hydrogen-bond donors (Lipinski definition) is 2. The molecule has 0 spiro atoms. The Morgan fingerprint density at radius 1 is 1.06 bits per heavy atom. The summed E-state index contributed by atoms with van der Waals surface area (Å²) in [6, 6.07) is 11.7. The predicted octanol–water partition coefficient (Wildman–Crippen LogP) is 4.34. The van der Waals surface area contributed by atoms with Gasteiger partial charge < -0.3 is 10.7 Å². The minimum absolute atomic E-state index is 0.684. The molecule has 0 saturated heterocycles. The molecule has 3 N–H and O–H groups in total. The first-order valence-electron chi connectivity index (χ1n) is 5.35. The minimum Gasteiger partial charge on any atom is -0.398 e. The van der Waals surface area contributed by atoms with Gasteiger partial charge in [0.05, 0.1) is 11.0 Å². The van der Waals surface area contributed by atoms with Crippen molar-refractivity contribution in [3.63, 3.8) is 0 Å². The maximum atomic E-state index is 6.03. The van der Waals surface area contributed by atoms with Crippen molar-refractivity contribution >= 4 is 48.6 Å². The lowest BCUT2D eigenvalue weighted by atomic mass is 10.2. The number of halogens is 2. The van der Waals surface area contributed by atoms with Crippen molar-refractivity contribution in [1.82, 2.24) is 9.97 Å². The van der Waals surface area contributed by atoms with Gasteiger partial charge in [-0.25, -0.2) is 4.98 Å². The van der Waals surface area contributed by atoms with E-state index in [0.717, 1.165) is 31.4 Å². The molecule has 3 aromatic rings. The van der Waals surface area contributed by atoms with E-state index in [1.807, 2.05) is 36.4 Å². The lowest BCUT2D eigenvalue weighted by molar-refractivity contribution is 1.33. The summed E-state index contributed by atoms with van der Waals surface area (Å²) in [6.45, 7) is 0. The highest BCUT2D eigenvalue weighted by atomic mass is 79.9. The van der Waals surface area contributed by atoms with Crippen LogP contribution in [0.2, 0.25) is 0 Å². The van der Waals surface area contributed by atoms with Gasteiger partial charge in [-0.15, -0.1) is 0 Å². The summed E-state index contributed by atoms with van der Waals surface area (Å²) in [5.41, 5.74) is 9.55. The van der Waals surface area contributed by atoms with E-state index in [0.29, 0.717) is 5.69 Å². The number of fused-ring (bicyclic) bond motifs is 1. The van der Waals surface area contributed by atoms with E-state index >= 15 is 0 Å². The van der Waals surface area contributed by atoms with Crippen LogP contribution in [0.3, 0.4) is 0 Å².